The zero-order chi connectivity index (χ0) is 30.2. The molecule has 6 nitrogen and oxygen atoms in total. The molecule has 6 heteroatoms. The Balaban J connectivity index is 1.27. The van der Waals surface area contributed by atoms with Gasteiger partial charge in [0, 0.05) is 33.2 Å². The predicted octanol–water partition coefficient (Wildman–Crippen LogP) is 6.38. The van der Waals surface area contributed by atoms with Gasteiger partial charge in [0.2, 0.25) is 23.1 Å². The van der Waals surface area contributed by atoms with E-state index in [2.05, 4.69) is 9.97 Å². The average Bonchev–Trinajstić information content (AvgIpc) is 3.61. The van der Waals surface area contributed by atoms with Crippen molar-refractivity contribution in [3.63, 3.8) is 0 Å². The summed E-state index contributed by atoms with van der Waals surface area (Å²) < 4.78 is 0. The third-order valence-corrected chi connectivity index (χ3v) is 8.78. The van der Waals surface area contributed by atoms with E-state index in [0.717, 1.165) is 22.2 Å². The molecule has 4 aromatic carbocycles. The van der Waals surface area contributed by atoms with Crippen LogP contribution in [0.4, 0.5) is 0 Å². The van der Waals surface area contributed by atoms with Crippen LogP contribution in [0.3, 0.4) is 0 Å². The van der Waals surface area contributed by atoms with Gasteiger partial charge in [-0.25, -0.2) is 0 Å². The van der Waals surface area contributed by atoms with Crippen LogP contribution in [0.15, 0.2) is 109 Å². The minimum Gasteiger partial charge on any atom is -0.358 e. The lowest BCUT2D eigenvalue weighted by Crippen LogP contribution is -2.46. The quantitative estimate of drug-likeness (QED) is 0.162. The van der Waals surface area contributed by atoms with Crippen LogP contribution in [0.25, 0.3) is 21.8 Å². The Bertz CT molecular complexity index is 1880. The largest absolute Gasteiger partial charge is 0.358 e. The van der Waals surface area contributed by atoms with E-state index in [-0.39, 0.29) is 0 Å². The lowest BCUT2D eigenvalue weighted by atomic mass is 9.71. The summed E-state index contributed by atoms with van der Waals surface area (Å²) in [5.74, 6) is -6.25. The molecule has 0 aliphatic heterocycles. The molecule has 6 aromatic rings. The second-order valence-electron chi connectivity index (χ2n) is 11.4. The third kappa shape index (κ3) is 4.78. The number of hydrogen-bond acceptors (Lipinski definition) is 4. The van der Waals surface area contributed by atoms with Crippen LogP contribution in [-0.4, -0.2) is 33.1 Å². The summed E-state index contributed by atoms with van der Waals surface area (Å²) >= 11 is 0. The number of hydrogen-bond donors (Lipinski definition) is 2. The first kappa shape index (κ1) is 27.5. The van der Waals surface area contributed by atoms with Gasteiger partial charge >= 0.3 is 0 Å². The highest BCUT2D eigenvalue weighted by atomic mass is 16.2. The van der Waals surface area contributed by atoms with Gasteiger partial charge in [-0.1, -0.05) is 97.1 Å². The van der Waals surface area contributed by atoms with Gasteiger partial charge in [-0.2, -0.15) is 0 Å². The van der Waals surface area contributed by atoms with Crippen LogP contribution in [0, 0.1) is 0 Å². The van der Waals surface area contributed by atoms with E-state index >= 15 is 0 Å². The van der Waals surface area contributed by atoms with E-state index in [0.29, 0.717) is 59.0 Å². The highest BCUT2D eigenvalue weighted by molar-refractivity contribution is 6.64. The summed E-state index contributed by atoms with van der Waals surface area (Å²) in [5.41, 5.74) is 5.99. The van der Waals surface area contributed by atoms with Gasteiger partial charge in [0.05, 0.1) is 0 Å². The first-order valence-corrected chi connectivity index (χ1v) is 14.9. The SMILES string of the molecule is O=C1C(=O)C(c2c(CCc3ccccc3)[nH]c3ccccc23)C(=O)C(=O)C1c1c(CCc2ccccc2)[nH]c2ccccc12. The fourth-order valence-corrected chi connectivity index (χ4v) is 6.65. The maximum Gasteiger partial charge on any atom is 0.214 e. The number of H-pyrrole nitrogens is 2. The van der Waals surface area contributed by atoms with Gasteiger partial charge in [-0.3, -0.25) is 19.2 Å². The zero-order valence-electron chi connectivity index (χ0n) is 24.0. The van der Waals surface area contributed by atoms with Gasteiger partial charge in [-0.15, -0.1) is 0 Å². The number of carbonyl (C=O) groups is 4. The summed E-state index contributed by atoms with van der Waals surface area (Å²) in [6, 6.07) is 34.6. The maximum atomic E-state index is 14.0. The van der Waals surface area contributed by atoms with Crippen molar-refractivity contribution in [3.05, 3.63) is 143 Å². The number of aryl methyl sites for hydroxylation is 4. The fourth-order valence-electron chi connectivity index (χ4n) is 6.65. The molecule has 7 rings (SSSR count). The molecular formula is C38H30N2O4. The maximum absolute atomic E-state index is 14.0. The van der Waals surface area contributed by atoms with Crippen molar-refractivity contribution in [2.24, 2.45) is 0 Å². The van der Waals surface area contributed by atoms with E-state index in [1.807, 2.05) is 109 Å². The van der Waals surface area contributed by atoms with Gasteiger partial charge in [-0.05, 0) is 60.1 Å². The summed E-state index contributed by atoms with van der Waals surface area (Å²) in [4.78, 5) is 62.9. The average molecular weight is 579 g/mol. The van der Waals surface area contributed by atoms with Crippen LogP contribution >= 0.6 is 0 Å². The monoisotopic (exact) mass is 578 g/mol. The van der Waals surface area contributed by atoms with Crippen LogP contribution < -0.4 is 0 Å². The smallest absolute Gasteiger partial charge is 0.214 e. The van der Waals surface area contributed by atoms with Crippen molar-refractivity contribution in [1.82, 2.24) is 9.97 Å². The number of ketones is 4. The van der Waals surface area contributed by atoms with Crippen molar-refractivity contribution in [2.75, 3.05) is 0 Å². The molecule has 0 unspecified atom stereocenters. The summed E-state index contributed by atoms with van der Waals surface area (Å²) in [6.45, 7) is 0. The second kappa shape index (κ2) is 11.4. The van der Waals surface area contributed by atoms with Crippen LogP contribution in [-0.2, 0) is 44.9 Å². The number of nitrogens with one attached hydrogen (secondary N) is 2. The molecule has 0 saturated heterocycles. The number of fused-ring (bicyclic) bond motifs is 2. The Kier molecular flexibility index (Phi) is 7.10. The molecule has 0 radical (unpaired) electrons. The van der Waals surface area contributed by atoms with E-state index in [1.54, 1.807) is 0 Å². The molecule has 2 aromatic heterocycles. The molecule has 0 bridgehead atoms. The molecule has 2 heterocycles. The van der Waals surface area contributed by atoms with Gasteiger partial charge < -0.3 is 9.97 Å². The molecule has 1 fully saturated rings. The second-order valence-corrected chi connectivity index (χ2v) is 11.4. The number of carbonyl (C=O) groups excluding carboxylic acids is 4. The number of aromatic amines is 2. The molecule has 216 valence electrons. The molecular weight excluding hydrogens is 548 g/mol. The topological polar surface area (TPSA) is 99.9 Å². The molecule has 0 spiro atoms. The molecule has 2 N–H and O–H groups in total. The molecule has 1 aliphatic carbocycles. The summed E-state index contributed by atoms with van der Waals surface area (Å²) in [7, 11) is 0. The Hall–Kier alpha value is -5.36. The van der Waals surface area contributed by atoms with Crippen molar-refractivity contribution in [2.45, 2.75) is 37.5 Å². The van der Waals surface area contributed by atoms with E-state index in [9.17, 15) is 19.2 Å². The van der Waals surface area contributed by atoms with Crippen LogP contribution in [0.2, 0.25) is 0 Å². The molecule has 0 atom stereocenters. The van der Waals surface area contributed by atoms with Crippen molar-refractivity contribution < 1.29 is 19.2 Å². The van der Waals surface area contributed by atoms with Crippen LogP contribution in [0.5, 0.6) is 0 Å². The van der Waals surface area contributed by atoms with E-state index in [1.165, 1.54) is 0 Å². The molecule has 1 saturated carbocycles. The third-order valence-electron chi connectivity index (χ3n) is 8.78. The van der Waals surface area contributed by atoms with Crippen molar-refractivity contribution in [1.29, 1.82) is 0 Å². The number of Topliss-reactive ketones (excluding diaryl/α,β-unsaturated/α-hetero) is 4. The first-order valence-electron chi connectivity index (χ1n) is 14.9. The van der Waals surface area contributed by atoms with Gasteiger partial charge in [0.1, 0.15) is 11.8 Å². The number of benzene rings is 4. The number of para-hydroxylation sites is 2. The Morgan fingerprint density at radius 1 is 0.409 bits per heavy atom. The van der Waals surface area contributed by atoms with Gasteiger partial charge in [0.25, 0.3) is 0 Å². The number of aromatic nitrogens is 2. The fraction of sp³-hybridized carbons (Fsp3) is 0.158. The standard InChI is InChI=1S/C38H30N2O4/c41-35-33(31-25-15-7-9-17-27(25)39-29(31)21-19-23-11-3-1-4-12-23)36(42)38(44)34(37(35)43)32-26-16-8-10-18-28(26)40-30(32)22-20-24-13-5-2-6-14-24/h1-18,33-34,39-40H,19-22H2. The Labute approximate surface area is 254 Å². The Morgan fingerprint density at radius 3 is 1.14 bits per heavy atom. The minimum absolute atomic E-state index is 0.440. The van der Waals surface area contributed by atoms with Crippen LogP contribution in [0.1, 0.15) is 45.5 Å². The van der Waals surface area contributed by atoms with E-state index in [4.69, 9.17) is 0 Å². The molecule has 44 heavy (non-hydrogen) atoms. The summed E-state index contributed by atoms with van der Waals surface area (Å²) in [6.07, 6.45) is 2.37. The normalized spacial score (nSPS) is 17.2. The van der Waals surface area contributed by atoms with Crippen molar-refractivity contribution in [3.8, 4) is 0 Å². The lowest BCUT2D eigenvalue weighted by Gasteiger charge is -2.25. The Morgan fingerprint density at radius 2 is 0.750 bits per heavy atom. The van der Waals surface area contributed by atoms with Crippen molar-refractivity contribution >= 4 is 44.9 Å². The minimum atomic E-state index is -1.47. The predicted molar refractivity (Wildman–Crippen MR) is 170 cm³/mol. The zero-order valence-corrected chi connectivity index (χ0v) is 24.0. The highest BCUT2D eigenvalue weighted by Crippen LogP contribution is 2.40. The van der Waals surface area contributed by atoms with Gasteiger partial charge in [0.15, 0.2) is 0 Å². The number of rotatable bonds is 8. The highest BCUT2D eigenvalue weighted by Gasteiger charge is 2.52. The molecule has 0 amide bonds. The first-order chi connectivity index (χ1) is 21.5. The molecule has 1 aliphatic rings. The lowest BCUT2D eigenvalue weighted by molar-refractivity contribution is -0.151. The van der Waals surface area contributed by atoms with E-state index < -0.39 is 35.0 Å². The summed E-state index contributed by atoms with van der Waals surface area (Å²) in [5, 5.41) is 1.36.